The number of hydrogen-bond acceptors (Lipinski definition) is 5. The van der Waals surface area contributed by atoms with E-state index < -0.39 is 6.10 Å². The SMILES string of the molecule is CC/C=C\C/C=C\C/C=C\C/C=C\C/C=C\C/C=C\C/C=C\C/C=C\C/C=C\CCCCCCCCCCCCCCCC(=O)OC(CO)COC(=O)CCCCCCCCCCC/C=C\C/C=C\CCCCCCC. The molecule has 5 nitrogen and oxygen atoms in total. The van der Waals surface area contributed by atoms with E-state index in [1.54, 1.807) is 0 Å². The van der Waals surface area contributed by atoms with Crippen molar-refractivity contribution in [2.24, 2.45) is 0 Å². The Morgan fingerprint density at radius 2 is 0.566 bits per heavy atom. The van der Waals surface area contributed by atoms with E-state index in [0.29, 0.717) is 12.8 Å². The minimum absolute atomic E-state index is 0.0728. The van der Waals surface area contributed by atoms with E-state index >= 15 is 0 Å². The maximum atomic E-state index is 12.3. The van der Waals surface area contributed by atoms with Gasteiger partial charge in [-0.15, -0.1) is 0 Å². The van der Waals surface area contributed by atoms with Gasteiger partial charge in [0.2, 0.25) is 0 Å². The number of unbranched alkanes of at least 4 members (excludes halogenated alkanes) is 27. The molecule has 0 amide bonds. The molecular formula is C71H118O5. The average molecular weight is 1050 g/mol. The first-order chi connectivity index (χ1) is 37.6. The quantitative estimate of drug-likeness (QED) is 0.0373. The third kappa shape index (κ3) is 62.6. The highest BCUT2D eigenvalue weighted by Crippen LogP contribution is 2.16. The number of esters is 2. The number of allylic oxidation sites excluding steroid dienone is 22. The Morgan fingerprint density at radius 1 is 0.316 bits per heavy atom. The molecule has 1 N–H and O–H groups in total. The van der Waals surface area contributed by atoms with Gasteiger partial charge in [0, 0.05) is 12.8 Å². The van der Waals surface area contributed by atoms with Crippen molar-refractivity contribution in [2.45, 2.75) is 290 Å². The normalized spacial score (nSPS) is 13.1. The van der Waals surface area contributed by atoms with E-state index in [2.05, 4.69) is 148 Å². The lowest BCUT2D eigenvalue weighted by molar-refractivity contribution is -0.161. The van der Waals surface area contributed by atoms with Gasteiger partial charge in [-0.1, -0.05) is 289 Å². The van der Waals surface area contributed by atoms with E-state index in [4.69, 9.17) is 9.47 Å². The molecule has 0 heterocycles. The van der Waals surface area contributed by atoms with E-state index in [9.17, 15) is 14.7 Å². The molecule has 0 fully saturated rings. The fraction of sp³-hybridized carbons (Fsp3) is 0.662. The lowest BCUT2D eigenvalue weighted by Gasteiger charge is -2.15. The minimum atomic E-state index is -0.783. The zero-order valence-corrected chi connectivity index (χ0v) is 49.5. The molecule has 0 aliphatic rings. The molecule has 76 heavy (non-hydrogen) atoms. The van der Waals surface area contributed by atoms with Gasteiger partial charge in [0.25, 0.3) is 0 Å². The van der Waals surface area contributed by atoms with Crippen LogP contribution >= 0.6 is 0 Å². The Morgan fingerprint density at radius 3 is 0.855 bits per heavy atom. The predicted molar refractivity (Wildman–Crippen MR) is 334 cm³/mol. The molecule has 0 aliphatic heterocycles. The van der Waals surface area contributed by atoms with Crippen LogP contribution in [0.3, 0.4) is 0 Å². The van der Waals surface area contributed by atoms with Crippen LogP contribution in [0.15, 0.2) is 134 Å². The molecule has 1 atom stereocenters. The number of rotatable bonds is 57. The van der Waals surface area contributed by atoms with E-state index in [1.165, 1.54) is 154 Å². The van der Waals surface area contributed by atoms with Crippen LogP contribution in [0, 0.1) is 0 Å². The predicted octanol–water partition coefficient (Wildman–Crippen LogP) is 22.0. The third-order valence-corrected chi connectivity index (χ3v) is 13.4. The lowest BCUT2D eigenvalue weighted by atomic mass is 10.0. The lowest BCUT2D eigenvalue weighted by Crippen LogP contribution is -2.28. The first kappa shape index (κ1) is 72.0. The fourth-order valence-corrected chi connectivity index (χ4v) is 8.70. The van der Waals surface area contributed by atoms with Crippen molar-refractivity contribution >= 4 is 11.9 Å². The molecule has 1 unspecified atom stereocenters. The summed E-state index contributed by atoms with van der Waals surface area (Å²) in [4.78, 5) is 24.6. The molecule has 0 aromatic carbocycles. The maximum absolute atomic E-state index is 12.3. The Labute approximate surface area is 470 Å². The summed E-state index contributed by atoms with van der Waals surface area (Å²) in [5.74, 6) is -0.596. The second-order valence-electron chi connectivity index (χ2n) is 20.8. The van der Waals surface area contributed by atoms with Crippen molar-refractivity contribution in [3.8, 4) is 0 Å². The molecule has 0 rings (SSSR count). The van der Waals surface area contributed by atoms with Gasteiger partial charge in [-0.05, 0) is 116 Å². The molecule has 0 bridgehead atoms. The molecule has 432 valence electrons. The van der Waals surface area contributed by atoms with Gasteiger partial charge in [0.05, 0.1) is 6.61 Å². The molecule has 0 saturated carbocycles. The summed E-state index contributed by atoms with van der Waals surface area (Å²) in [7, 11) is 0. The molecule has 5 heteroatoms. The Balaban J connectivity index is 3.54. The Hall–Kier alpha value is -3.96. The summed E-state index contributed by atoms with van der Waals surface area (Å²) >= 11 is 0. The van der Waals surface area contributed by atoms with Gasteiger partial charge in [-0.25, -0.2) is 0 Å². The standard InChI is InChI=1S/C71H118O5/c1-3-5-7-9-11-13-15-17-19-21-23-25-26-27-28-29-30-31-32-33-34-35-36-37-38-39-40-41-42-43-44-46-48-50-52-54-56-58-60-62-64-66-71(74)76-69(67-72)68-75-70(73)65-63-61-59-57-55-53-51-49-47-45-24-22-20-18-16-14-12-10-8-6-4-2/h5,7,11,13,16-19,22-25,27-28,30-31,33-34,36-37,39-40,69,72H,3-4,6,8-10,12,14-15,20-21,26,29,32,35,38,41-68H2,1-2H3/b7-5-,13-11-,18-16-,19-17-,24-22-,25-23-,28-27-,31-30-,34-33-,37-36-,40-39-. The smallest absolute Gasteiger partial charge is 0.306 e. The van der Waals surface area contributed by atoms with Gasteiger partial charge in [0.15, 0.2) is 6.10 Å². The topological polar surface area (TPSA) is 72.8 Å². The van der Waals surface area contributed by atoms with Crippen LogP contribution in [0.1, 0.15) is 284 Å². The second-order valence-corrected chi connectivity index (χ2v) is 20.8. The van der Waals surface area contributed by atoms with Crippen LogP contribution in [0.5, 0.6) is 0 Å². The zero-order valence-electron chi connectivity index (χ0n) is 49.5. The second kappa shape index (κ2) is 65.3. The minimum Gasteiger partial charge on any atom is -0.462 e. The van der Waals surface area contributed by atoms with Gasteiger partial charge in [0.1, 0.15) is 6.61 Å². The van der Waals surface area contributed by atoms with E-state index in [0.717, 1.165) is 103 Å². The highest BCUT2D eigenvalue weighted by atomic mass is 16.6. The van der Waals surface area contributed by atoms with Crippen LogP contribution in [-0.4, -0.2) is 36.4 Å². The van der Waals surface area contributed by atoms with Crippen LogP contribution in [-0.2, 0) is 19.1 Å². The van der Waals surface area contributed by atoms with Gasteiger partial charge < -0.3 is 14.6 Å². The number of carbonyl (C=O) groups excluding carboxylic acids is 2. The van der Waals surface area contributed by atoms with Gasteiger partial charge in [-0.2, -0.15) is 0 Å². The van der Waals surface area contributed by atoms with Crippen molar-refractivity contribution in [1.29, 1.82) is 0 Å². The molecule has 0 spiro atoms. The first-order valence-electron chi connectivity index (χ1n) is 31.7. The summed E-state index contributed by atoms with van der Waals surface area (Å²) < 4.78 is 10.7. The molecule has 0 aromatic heterocycles. The van der Waals surface area contributed by atoms with Gasteiger partial charge in [-0.3, -0.25) is 9.59 Å². The Bertz CT molecular complexity index is 1570. The number of ether oxygens (including phenoxy) is 2. The number of aliphatic hydroxyl groups excluding tert-OH is 1. The van der Waals surface area contributed by atoms with Gasteiger partial charge >= 0.3 is 11.9 Å². The Kier molecular flexibility index (Phi) is 61.9. The van der Waals surface area contributed by atoms with Crippen molar-refractivity contribution in [2.75, 3.05) is 13.2 Å². The van der Waals surface area contributed by atoms with Crippen LogP contribution < -0.4 is 0 Å². The van der Waals surface area contributed by atoms with Crippen LogP contribution in [0.25, 0.3) is 0 Å². The van der Waals surface area contributed by atoms with Crippen molar-refractivity contribution in [1.82, 2.24) is 0 Å². The highest BCUT2D eigenvalue weighted by Gasteiger charge is 2.16. The number of aliphatic hydroxyl groups is 1. The zero-order chi connectivity index (χ0) is 54.8. The third-order valence-electron chi connectivity index (χ3n) is 13.4. The molecule has 0 aliphatic carbocycles. The summed E-state index contributed by atoms with van der Waals surface area (Å²) in [6.07, 6.45) is 97.3. The maximum Gasteiger partial charge on any atom is 0.306 e. The molecule has 0 radical (unpaired) electrons. The summed E-state index contributed by atoms with van der Waals surface area (Å²) in [5.41, 5.74) is 0. The van der Waals surface area contributed by atoms with Crippen molar-refractivity contribution in [3.05, 3.63) is 134 Å². The number of carbonyl (C=O) groups is 2. The van der Waals surface area contributed by atoms with E-state index in [1.807, 2.05) is 0 Å². The molecular weight excluding hydrogens is 933 g/mol. The monoisotopic (exact) mass is 1050 g/mol. The summed E-state index contributed by atoms with van der Waals surface area (Å²) in [6.45, 7) is 4.02. The largest absolute Gasteiger partial charge is 0.462 e. The van der Waals surface area contributed by atoms with Crippen LogP contribution in [0.2, 0.25) is 0 Å². The first-order valence-corrected chi connectivity index (χ1v) is 31.7. The van der Waals surface area contributed by atoms with Crippen molar-refractivity contribution in [3.63, 3.8) is 0 Å². The average Bonchev–Trinajstić information content (AvgIpc) is 3.42. The summed E-state index contributed by atoms with van der Waals surface area (Å²) in [6, 6.07) is 0. The van der Waals surface area contributed by atoms with Crippen LogP contribution in [0.4, 0.5) is 0 Å². The molecule has 0 saturated heterocycles. The van der Waals surface area contributed by atoms with Crippen molar-refractivity contribution < 1.29 is 24.2 Å². The van der Waals surface area contributed by atoms with E-state index in [-0.39, 0.29) is 25.2 Å². The number of hydrogen-bond donors (Lipinski definition) is 1. The fourth-order valence-electron chi connectivity index (χ4n) is 8.70. The molecule has 0 aromatic rings. The summed E-state index contributed by atoms with van der Waals surface area (Å²) in [5, 5.41) is 9.67. The highest BCUT2D eigenvalue weighted by molar-refractivity contribution is 5.70.